The van der Waals surface area contributed by atoms with E-state index >= 15 is 0 Å². The number of hydrogen-bond acceptors (Lipinski definition) is 5. The Labute approximate surface area is 108 Å². The number of aromatic nitrogens is 1. The molecular formula is C13H11NO5. The predicted molar refractivity (Wildman–Crippen MR) is 66.6 cm³/mol. The van der Waals surface area contributed by atoms with Gasteiger partial charge >= 0.3 is 11.9 Å². The molecule has 1 aromatic heterocycles. The minimum atomic E-state index is -1.09. The summed E-state index contributed by atoms with van der Waals surface area (Å²) in [5.41, 5.74) is 0.465. The lowest BCUT2D eigenvalue weighted by atomic mass is 10.1. The van der Waals surface area contributed by atoms with Gasteiger partial charge in [-0.05, 0) is 12.1 Å². The maximum absolute atomic E-state index is 11.6. The molecule has 1 aromatic carbocycles. The summed E-state index contributed by atoms with van der Waals surface area (Å²) in [6, 6.07) is 6.19. The molecule has 0 aliphatic carbocycles. The number of carbonyl (C=O) groups excluding carboxylic acids is 1. The van der Waals surface area contributed by atoms with E-state index in [1.807, 2.05) is 0 Å². The molecule has 19 heavy (non-hydrogen) atoms. The average molecular weight is 261 g/mol. The van der Waals surface area contributed by atoms with Gasteiger partial charge in [-0.3, -0.25) is 0 Å². The molecule has 0 unspecified atom stereocenters. The van der Waals surface area contributed by atoms with Gasteiger partial charge in [-0.2, -0.15) is 0 Å². The number of methoxy groups -OCH3 is 2. The van der Waals surface area contributed by atoms with E-state index in [9.17, 15) is 9.59 Å². The number of pyridine rings is 1. The van der Waals surface area contributed by atoms with Crippen molar-refractivity contribution in [3.05, 3.63) is 35.4 Å². The van der Waals surface area contributed by atoms with Crippen molar-refractivity contribution in [3.63, 3.8) is 0 Å². The highest BCUT2D eigenvalue weighted by Gasteiger charge is 2.18. The standard InChI is InChI=1S/C13H11NO5/c1-18-11-9(13(17)19-2)6-7-4-3-5-8(12(15)16)10(7)14-11/h3-6H,1-2H3,(H,15,16). The molecule has 6 nitrogen and oxygen atoms in total. The van der Waals surface area contributed by atoms with Gasteiger partial charge in [0.15, 0.2) is 0 Å². The van der Waals surface area contributed by atoms with Crippen LogP contribution in [0.25, 0.3) is 10.9 Å². The van der Waals surface area contributed by atoms with Crippen molar-refractivity contribution in [1.29, 1.82) is 0 Å². The molecule has 0 saturated carbocycles. The van der Waals surface area contributed by atoms with Crippen LogP contribution in [-0.2, 0) is 4.74 Å². The van der Waals surface area contributed by atoms with Crippen molar-refractivity contribution in [2.45, 2.75) is 0 Å². The number of carboxylic acid groups (broad SMARTS) is 1. The minimum Gasteiger partial charge on any atom is -0.480 e. The third-order valence-corrected chi connectivity index (χ3v) is 2.64. The number of nitrogens with zero attached hydrogens (tertiary/aromatic N) is 1. The molecular weight excluding hydrogens is 250 g/mol. The second-order valence-corrected chi connectivity index (χ2v) is 3.72. The third kappa shape index (κ3) is 2.20. The number of ether oxygens (including phenoxy) is 2. The Morgan fingerprint density at radius 2 is 1.95 bits per heavy atom. The molecule has 0 spiro atoms. The van der Waals surface area contributed by atoms with E-state index in [0.717, 1.165) is 0 Å². The highest BCUT2D eigenvalue weighted by molar-refractivity contribution is 6.04. The van der Waals surface area contributed by atoms with Crippen LogP contribution in [0, 0.1) is 0 Å². The second kappa shape index (κ2) is 4.93. The molecule has 0 amide bonds. The molecule has 0 aliphatic rings. The van der Waals surface area contributed by atoms with Crippen molar-refractivity contribution in [3.8, 4) is 5.88 Å². The van der Waals surface area contributed by atoms with E-state index in [2.05, 4.69) is 9.72 Å². The smallest absolute Gasteiger partial charge is 0.343 e. The Hall–Kier alpha value is -2.63. The Balaban J connectivity index is 2.77. The van der Waals surface area contributed by atoms with Crippen LogP contribution in [0.5, 0.6) is 5.88 Å². The van der Waals surface area contributed by atoms with Crippen LogP contribution >= 0.6 is 0 Å². The largest absolute Gasteiger partial charge is 0.480 e. The first kappa shape index (κ1) is 12.8. The number of fused-ring (bicyclic) bond motifs is 1. The van der Waals surface area contributed by atoms with Gasteiger partial charge in [0.2, 0.25) is 5.88 Å². The molecule has 0 atom stereocenters. The van der Waals surface area contributed by atoms with E-state index in [0.29, 0.717) is 5.39 Å². The average Bonchev–Trinajstić information content (AvgIpc) is 2.43. The molecule has 1 heterocycles. The molecule has 2 aromatic rings. The highest BCUT2D eigenvalue weighted by Crippen LogP contribution is 2.25. The quantitative estimate of drug-likeness (QED) is 0.847. The fraction of sp³-hybridized carbons (Fsp3) is 0.154. The fourth-order valence-electron chi connectivity index (χ4n) is 1.77. The number of para-hydroxylation sites is 1. The van der Waals surface area contributed by atoms with E-state index in [1.165, 1.54) is 26.4 Å². The first-order valence-corrected chi connectivity index (χ1v) is 5.38. The third-order valence-electron chi connectivity index (χ3n) is 2.64. The van der Waals surface area contributed by atoms with Gasteiger partial charge in [0, 0.05) is 5.39 Å². The van der Waals surface area contributed by atoms with E-state index in [1.54, 1.807) is 12.1 Å². The summed E-state index contributed by atoms with van der Waals surface area (Å²) in [6.07, 6.45) is 0. The zero-order valence-corrected chi connectivity index (χ0v) is 10.3. The second-order valence-electron chi connectivity index (χ2n) is 3.72. The molecule has 1 N–H and O–H groups in total. The molecule has 0 bridgehead atoms. The van der Waals surface area contributed by atoms with E-state index in [4.69, 9.17) is 9.84 Å². The zero-order valence-electron chi connectivity index (χ0n) is 10.3. The maximum Gasteiger partial charge on any atom is 0.343 e. The predicted octanol–water partition coefficient (Wildman–Crippen LogP) is 1.73. The molecule has 0 aliphatic heterocycles. The molecule has 0 radical (unpaired) electrons. The first-order chi connectivity index (χ1) is 9.08. The molecule has 0 saturated heterocycles. The van der Waals surface area contributed by atoms with Crippen LogP contribution < -0.4 is 4.74 Å². The molecule has 98 valence electrons. The summed E-state index contributed by atoms with van der Waals surface area (Å²) in [6.45, 7) is 0. The SMILES string of the molecule is COC(=O)c1cc2cccc(C(=O)O)c2nc1OC. The highest BCUT2D eigenvalue weighted by atomic mass is 16.5. The topological polar surface area (TPSA) is 85.7 Å². The fourth-order valence-corrected chi connectivity index (χ4v) is 1.77. The summed E-state index contributed by atoms with van der Waals surface area (Å²) in [5.74, 6) is -1.65. The number of aromatic carboxylic acids is 1. The summed E-state index contributed by atoms with van der Waals surface area (Å²) in [4.78, 5) is 26.8. The molecule has 2 rings (SSSR count). The number of esters is 1. The van der Waals surface area contributed by atoms with Gasteiger partial charge in [-0.15, -0.1) is 0 Å². The summed E-state index contributed by atoms with van der Waals surface area (Å²) in [7, 11) is 2.60. The van der Waals surface area contributed by atoms with E-state index < -0.39 is 11.9 Å². The summed E-state index contributed by atoms with van der Waals surface area (Å²) < 4.78 is 9.64. The van der Waals surface area contributed by atoms with Crippen molar-refractivity contribution >= 4 is 22.8 Å². The van der Waals surface area contributed by atoms with Gasteiger partial charge in [-0.25, -0.2) is 14.6 Å². The van der Waals surface area contributed by atoms with Gasteiger partial charge in [0.05, 0.1) is 25.3 Å². The van der Waals surface area contributed by atoms with Crippen LogP contribution in [0.1, 0.15) is 20.7 Å². The monoisotopic (exact) mass is 261 g/mol. The van der Waals surface area contributed by atoms with Crippen LogP contribution in [0.3, 0.4) is 0 Å². The van der Waals surface area contributed by atoms with E-state index in [-0.39, 0.29) is 22.5 Å². The number of carboxylic acids is 1. The lowest BCUT2D eigenvalue weighted by Gasteiger charge is -2.09. The first-order valence-electron chi connectivity index (χ1n) is 5.38. The number of benzene rings is 1. The molecule has 0 fully saturated rings. The van der Waals surface area contributed by atoms with Crippen LogP contribution in [0.15, 0.2) is 24.3 Å². The van der Waals surface area contributed by atoms with Gasteiger partial charge in [0.25, 0.3) is 0 Å². The van der Waals surface area contributed by atoms with Crippen molar-refractivity contribution in [1.82, 2.24) is 4.98 Å². The van der Waals surface area contributed by atoms with Crippen molar-refractivity contribution < 1.29 is 24.2 Å². The van der Waals surface area contributed by atoms with Crippen LogP contribution in [0.2, 0.25) is 0 Å². The van der Waals surface area contributed by atoms with Crippen molar-refractivity contribution in [2.75, 3.05) is 14.2 Å². The Morgan fingerprint density at radius 1 is 1.21 bits per heavy atom. The zero-order chi connectivity index (χ0) is 14.0. The number of carbonyl (C=O) groups is 2. The normalized spacial score (nSPS) is 10.2. The Morgan fingerprint density at radius 3 is 2.53 bits per heavy atom. The van der Waals surface area contributed by atoms with Crippen LogP contribution in [0.4, 0.5) is 0 Å². The lowest BCUT2D eigenvalue weighted by molar-refractivity contribution is 0.0596. The van der Waals surface area contributed by atoms with Gasteiger partial charge in [0.1, 0.15) is 5.56 Å². The van der Waals surface area contributed by atoms with Crippen LogP contribution in [-0.4, -0.2) is 36.2 Å². The summed E-state index contributed by atoms with van der Waals surface area (Å²) >= 11 is 0. The minimum absolute atomic E-state index is 0.0352. The summed E-state index contributed by atoms with van der Waals surface area (Å²) in [5, 5.41) is 9.63. The number of hydrogen-bond donors (Lipinski definition) is 1. The van der Waals surface area contributed by atoms with Gasteiger partial charge < -0.3 is 14.6 Å². The Kier molecular flexibility index (Phi) is 3.33. The number of rotatable bonds is 3. The van der Waals surface area contributed by atoms with Crippen molar-refractivity contribution in [2.24, 2.45) is 0 Å². The van der Waals surface area contributed by atoms with Gasteiger partial charge in [-0.1, -0.05) is 12.1 Å². The Bertz CT molecular complexity index is 665. The maximum atomic E-state index is 11.6. The lowest BCUT2D eigenvalue weighted by Crippen LogP contribution is -2.07. The molecule has 6 heteroatoms.